The van der Waals surface area contributed by atoms with E-state index in [0.717, 1.165) is 25.3 Å². The Morgan fingerprint density at radius 3 is 2.44 bits per heavy atom. The van der Waals surface area contributed by atoms with Crippen molar-refractivity contribution in [2.45, 2.75) is 77.4 Å². The van der Waals surface area contributed by atoms with Crippen molar-refractivity contribution in [1.29, 1.82) is 0 Å². The molecule has 0 radical (unpaired) electrons. The molecule has 1 aliphatic rings. The van der Waals surface area contributed by atoms with E-state index in [-0.39, 0.29) is 6.10 Å². The Kier molecular flexibility index (Phi) is 7.06. The highest BCUT2D eigenvalue weighted by Gasteiger charge is 2.19. The maximum atomic E-state index is 9.54. The van der Waals surface area contributed by atoms with Gasteiger partial charge in [-0.1, -0.05) is 33.1 Å². The molecule has 0 aliphatic heterocycles. The first kappa shape index (κ1) is 14.0. The van der Waals surface area contributed by atoms with E-state index in [2.05, 4.69) is 18.7 Å². The topological polar surface area (TPSA) is 23.5 Å². The molecule has 0 amide bonds. The van der Waals surface area contributed by atoms with Crippen molar-refractivity contribution >= 4 is 0 Å². The van der Waals surface area contributed by atoms with Gasteiger partial charge in [0.15, 0.2) is 0 Å². The summed E-state index contributed by atoms with van der Waals surface area (Å²) in [5.41, 5.74) is 0. The van der Waals surface area contributed by atoms with Crippen LogP contribution in [0.15, 0.2) is 0 Å². The maximum absolute atomic E-state index is 9.54. The standard InChI is InChI=1S/C14H29NO/c1-3-14(16)11-8-12-15(4-2)13-9-6-5-7-10-13/h13-14,16H,3-12H2,1-2H3. The van der Waals surface area contributed by atoms with Crippen LogP contribution in [0.5, 0.6) is 0 Å². The van der Waals surface area contributed by atoms with E-state index in [1.54, 1.807) is 0 Å². The molecule has 1 aliphatic carbocycles. The Morgan fingerprint density at radius 2 is 1.88 bits per heavy atom. The fourth-order valence-corrected chi connectivity index (χ4v) is 2.78. The number of rotatable bonds is 7. The average Bonchev–Trinajstić information content (AvgIpc) is 2.35. The summed E-state index contributed by atoms with van der Waals surface area (Å²) in [5, 5.41) is 9.54. The first-order chi connectivity index (χ1) is 7.77. The first-order valence-electron chi connectivity index (χ1n) is 7.20. The van der Waals surface area contributed by atoms with E-state index < -0.39 is 0 Å². The number of nitrogens with zero attached hydrogens (tertiary/aromatic N) is 1. The molecule has 0 heterocycles. The zero-order valence-electron chi connectivity index (χ0n) is 11.1. The summed E-state index contributed by atoms with van der Waals surface area (Å²) < 4.78 is 0. The van der Waals surface area contributed by atoms with E-state index in [1.165, 1.54) is 45.2 Å². The second kappa shape index (κ2) is 8.08. The van der Waals surface area contributed by atoms with Crippen LogP contribution >= 0.6 is 0 Å². The molecule has 2 heteroatoms. The molecule has 0 aromatic heterocycles. The van der Waals surface area contributed by atoms with E-state index in [4.69, 9.17) is 0 Å². The number of hydrogen-bond acceptors (Lipinski definition) is 2. The predicted molar refractivity (Wildman–Crippen MR) is 69.7 cm³/mol. The van der Waals surface area contributed by atoms with Crippen molar-refractivity contribution in [2.24, 2.45) is 0 Å². The van der Waals surface area contributed by atoms with Crippen LogP contribution in [0, 0.1) is 0 Å². The molecule has 1 atom stereocenters. The van der Waals surface area contributed by atoms with Gasteiger partial charge in [0, 0.05) is 6.04 Å². The highest BCUT2D eigenvalue weighted by Crippen LogP contribution is 2.22. The summed E-state index contributed by atoms with van der Waals surface area (Å²) in [7, 11) is 0. The quantitative estimate of drug-likeness (QED) is 0.722. The van der Waals surface area contributed by atoms with Crippen LogP contribution in [0.25, 0.3) is 0 Å². The lowest BCUT2D eigenvalue weighted by molar-refractivity contribution is 0.130. The van der Waals surface area contributed by atoms with Crippen LogP contribution in [0.2, 0.25) is 0 Å². The molecule has 16 heavy (non-hydrogen) atoms. The van der Waals surface area contributed by atoms with Crippen LogP contribution in [-0.2, 0) is 0 Å². The Bertz CT molecular complexity index is 166. The van der Waals surface area contributed by atoms with Crippen LogP contribution < -0.4 is 0 Å². The molecule has 2 nitrogen and oxygen atoms in total. The van der Waals surface area contributed by atoms with Crippen molar-refractivity contribution in [2.75, 3.05) is 13.1 Å². The molecule has 0 spiro atoms. The van der Waals surface area contributed by atoms with Crippen LogP contribution in [0.3, 0.4) is 0 Å². The summed E-state index contributed by atoms with van der Waals surface area (Å²) in [6.07, 6.45) is 9.99. The summed E-state index contributed by atoms with van der Waals surface area (Å²) in [5.74, 6) is 0. The van der Waals surface area contributed by atoms with Gasteiger partial charge in [0.05, 0.1) is 6.10 Å². The van der Waals surface area contributed by atoms with Crippen molar-refractivity contribution in [3.8, 4) is 0 Å². The zero-order chi connectivity index (χ0) is 11.8. The fourth-order valence-electron chi connectivity index (χ4n) is 2.78. The van der Waals surface area contributed by atoms with E-state index in [1.807, 2.05) is 0 Å². The van der Waals surface area contributed by atoms with Crippen molar-refractivity contribution in [1.82, 2.24) is 4.90 Å². The minimum Gasteiger partial charge on any atom is -0.393 e. The molecule has 1 N–H and O–H groups in total. The summed E-state index contributed by atoms with van der Waals surface area (Å²) in [6, 6.07) is 0.831. The van der Waals surface area contributed by atoms with Gasteiger partial charge in [-0.3, -0.25) is 0 Å². The van der Waals surface area contributed by atoms with E-state index in [9.17, 15) is 5.11 Å². The van der Waals surface area contributed by atoms with Crippen molar-refractivity contribution in [3.63, 3.8) is 0 Å². The Morgan fingerprint density at radius 1 is 1.19 bits per heavy atom. The largest absolute Gasteiger partial charge is 0.393 e. The molecule has 0 aromatic rings. The van der Waals surface area contributed by atoms with Crippen LogP contribution in [-0.4, -0.2) is 35.2 Å². The maximum Gasteiger partial charge on any atom is 0.0538 e. The minimum absolute atomic E-state index is 0.0786. The normalized spacial score (nSPS) is 20.2. The number of aliphatic hydroxyl groups excluding tert-OH is 1. The van der Waals surface area contributed by atoms with Gasteiger partial charge in [0.1, 0.15) is 0 Å². The Hall–Kier alpha value is -0.0800. The first-order valence-corrected chi connectivity index (χ1v) is 7.20. The number of aliphatic hydroxyl groups is 1. The molecule has 0 saturated heterocycles. The fraction of sp³-hybridized carbons (Fsp3) is 1.00. The summed E-state index contributed by atoms with van der Waals surface area (Å²) in [6.45, 7) is 6.68. The van der Waals surface area contributed by atoms with Crippen LogP contribution in [0.1, 0.15) is 65.2 Å². The zero-order valence-corrected chi connectivity index (χ0v) is 11.1. The lowest BCUT2D eigenvalue weighted by atomic mass is 9.94. The van der Waals surface area contributed by atoms with Crippen LogP contribution in [0.4, 0.5) is 0 Å². The summed E-state index contributed by atoms with van der Waals surface area (Å²) >= 11 is 0. The molecule has 1 rings (SSSR count). The number of hydrogen-bond donors (Lipinski definition) is 1. The second-order valence-corrected chi connectivity index (χ2v) is 5.12. The van der Waals surface area contributed by atoms with Crippen molar-refractivity contribution in [3.05, 3.63) is 0 Å². The molecule has 1 saturated carbocycles. The third-order valence-electron chi connectivity index (χ3n) is 3.95. The second-order valence-electron chi connectivity index (χ2n) is 5.12. The molecular weight excluding hydrogens is 198 g/mol. The predicted octanol–water partition coefficient (Wildman–Crippen LogP) is 3.19. The van der Waals surface area contributed by atoms with Gasteiger partial charge in [0.2, 0.25) is 0 Å². The SMILES string of the molecule is CCC(O)CCCN(CC)C1CCCCC1. The van der Waals surface area contributed by atoms with Gasteiger partial charge < -0.3 is 10.0 Å². The lowest BCUT2D eigenvalue weighted by Gasteiger charge is -2.33. The molecule has 0 aromatic carbocycles. The molecule has 1 unspecified atom stereocenters. The molecular formula is C14H29NO. The summed E-state index contributed by atoms with van der Waals surface area (Å²) in [4.78, 5) is 2.63. The lowest BCUT2D eigenvalue weighted by Crippen LogP contribution is -2.37. The third kappa shape index (κ3) is 4.84. The smallest absolute Gasteiger partial charge is 0.0538 e. The Balaban J connectivity index is 2.19. The Labute approximate surface area is 101 Å². The van der Waals surface area contributed by atoms with Gasteiger partial charge in [-0.2, -0.15) is 0 Å². The average molecular weight is 227 g/mol. The van der Waals surface area contributed by atoms with Gasteiger partial charge in [0.25, 0.3) is 0 Å². The highest BCUT2D eigenvalue weighted by molar-refractivity contribution is 4.75. The molecule has 96 valence electrons. The molecule has 0 bridgehead atoms. The minimum atomic E-state index is -0.0786. The highest BCUT2D eigenvalue weighted by atomic mass is 16.3. The third-order valence-corrected chi connectivity index (χ3v) is 3.95. The van der Waals surface area contributed by atoms with Crippen molar-refractivity contribution < 1.29 is 5.11 Å². The van der Waals surface area contributed by atoms with Gasteiger partial charge in [-0.15, -0.1) is 0 Å². The van der Waals surface area contributed by atoms with E-state index >= 15 is 0 Å². The van der Waals surface area contributed by atoms with Gasteiger partial charge in [-0.05, 0) is 45.2 Å². The van der Waals surface area contributed by atoms with Gasteiger partial charge >= 0.3 is 0 Å². The molecule has 1 fully saturated rings. The van der Waals surface area contributed by atoms with Gasteiger partial charge in [-0.25, -0.2) is 0 Å². The van der Waals surface area contributed by atoms with E-state index in [0.29, 0.717) is 0 Å². The monoisotopic (exact) mass is 227 g/mol.